The predicted molar refractivity (Wildman–Crippen MR) is 62.6 cm³/mol. The monoisotopic (exact) mass is 248 g/mol. The summed E-state index contributed by atoms with van der Waals surface area (Å²) >= 11 is 0. The molecule has 4 heteroatoms. The van der Waals surface area contributed by atoms with Crippen LogP contribution in [-0.2, 0) is 6.42 Å². The fraction of sp³-hybridized carbons (Fsp3) is 0.0714. The second-order valence-electron chi connectivity index (χ2n) is 3.93. The van der Waals surface area contributed by atoms with Gasteiger partial charge in [0.25, 0.3) is 0 Å². The summed E-state index contributed by atoms with van der Waals surface area (Å²) in [5, 5.41) is 8.85. The van der Waals surface area contributed by atoms with Gasteiger partial charge in [0.2, 0.25) is 0 Å². The van der Waals surface area contributed by atoms with Gasteiger partial charge in [-0.1, -0.05) is 18.2 Å². The Labute approximate surface area is 103 Å². The van der Waals surface area contributed by atoms with Crippen molar-refractivity contribution in [3.05, 3.63) is 70.8 Å². The summed E-state index contributed by atoms with van der Waals surface area (Å²) in [5.41, 5.74) is 1.51. The Balaban J connectivity index is 2.25. The lowest BCUT2D eigenvalue weighted by Gasteiger charge is -2.04. The van der Waals surface area contributed by atoms with Crippen molar-refractivity contribution in [3.63, 3.8) is 0 Å². The highest BCUT2D eigenvalue weighted by atomic mass is 19.2. The Morgan fingerprint density at radius 3 is 2.39 bits per heavy atom. The molecule has 0 saturated carbocycles. The molecule has 2 aromatic rings. The number of benzene rings is 2. The molecule has 0 bridgehead atoms. The summed E-state index contributed by atoms with van der Waals surface area (Å²) in [6.45, 7) is 0. The van der Waals surface area contributed by atoms with Crippen molar-refractivity contribution in [2.24, 2.45) is 0 Å². The minimum atomic E-state index is -1.01. The third-order valence-electron chi connectivity index (χ3n) is 2.57. The molecule has 0 aliphatic rings. The molecule has 0 amide bonds. The summed E-state index contributed by atoms with van der Waals surface area (Å²) in [6.07, 6.45) is 0.359. The van der Waals surface area contributed by atoms with E-state index >= 15 is 0 Å². The number of hydrogen-bond donors (Lipinski definition) is 1. The molecule has 0 heterocycles. The second kappa shape index (κ2) is 4.96. The molecule has 92 valence electrons. The van der Waals surface area contributed by atoms with Crippen LogP contribution in [0.3, 0.4) is 0 Å². The van der Waals surface area contributed by atoms with Crippen molar-refractivity contribution in [1.29, 1.82) is 0 Å². The van der Waals surface area contributed by atoms with Crippen LogP contribution in [-0.4, -0.2) is 11.1 Å². The van der Waals surface area contributed by atoms with Crippen LogP contribution in [0, 0.1) is 11.6 Å². The molecular formula is C14H10F2O2. The lowest BCUT2D eigenvalue weighted by Crippen LogP contribution is -1.98. The topological polar surface area (TPSA) is 37.3 Å². The van der Waals surface area contributed by atoms with E-state index in [-0.39, 0.29) is 5.56 Å². The lowest BCUT2D eigenvalue weighted by atomic mass is 10.0. The molecule has 0 atom stereocenters. The molecule has 0 aliphatic carbocycles. The zero-order valence-electron chi connectivity index (χ0n) is 9.36. The normalized spacial score (nSPS) is 10.3. The number of hydrogen-bond acceptors (Lipinski definition) is 1. The van der Waals surface area contributed by atoms with Crippen molar-refractivity contribution in [1.82, 2.24) is 0 Å². The van der Waals surface area contributed by atoms with E-state index in [0.717, 1.165) is 17.7 Å². The van der Waals surface area contributed by atoms with E-state index in [0.29, 0.717) is 12.0 Å². The Hall–Kier alpha value is -2.23. The van der Waals surface area contributed by atoms with E-state index in [1.165, 1.54) is 18.2 Å². The smallest absolute Gasteiger partial charge is 0.335 e. The van der Waals surface area contributed by atoms with Gasteiger partial charge in [-0.3, -0.25) is 0 Å². The van der Waals surface area contributed by atoms with Crippen molar-refractivity contribution in [2.45, 2.75) is 6.42 Å². The summed E-state index contributed by atoms with van der Waals surface area (Å²) in [5.74, 6) is -2.80. The van der Waals surface area contributed by atoms with Gasteiger partial charge in [-0.15, -0.1) is 0 Å². The fourth-order valence-corrected chi connectivity index (χ4v) is 1.70. The van der Waals surface area contributed by atoms with Crippen LogP contribution in [0.2, 0.25) is 0 Å². The Morgan fingerprint density at radius 2 is 1.72 bits per heavy atom. The van der Waals surface area contributed by atoms with Gasteiger partial charge in [0.15, 0.2) is 11.6 Å². The van der Waals surface area contributed by atoms with Crippen LogP contribution >= 0.6 is 0 Å². The summed E-state index contributed by atoms with van der Waals surface area (Å²) in [4.78, 5) is 10.8. The van der Waals surface area contributed by atoms with Gasteiger partial charge in [-0.2, -0.15) is 0 Å². The highest BCUT2D eigenvalue weighted by molar-refractivity contribution is 5.87. The first kappa shape index (κ1) is 12.2. The molecule has 0 radical (unpaired) electrons. The number of carboxylic acids is 1. The first-order valence-corrected chi connectivity index (χ1v) is 5.32. The minimum absolute atomic E-state index is 0.176. The molecule has 0 aliphatic heterocycles. The average molecular weight is 248 g/mol. The highest BCUT2D eigenvalue weighted by Gasteiger charge is 2.06. The molecule has 2 aromatic carbocycles. The highest BCUT2D eigenvalue weighted by Crippen LogP contribution is 2.14. The number of rotatable bonds is 3. The fourth-order valence-electron chi connectivity index (χ4n) is 1.70. The summed E-state index contributed by atoms with van der Waals surface area (Å²) in [6, 6.07) is 10.0. The van der Waals surface area contributed by atoms with Gasteiger partial charge in [-0.05, 0) is 41.8 Å². The van der Waals surface area contributed by atoms with Crippen LogP contribution < -0.4 is 0 Å². The first-order chi connectivity index (χ1) is 8.56. The van der Waals surface area contributed by atoms with Gasteiger partial charge in [0.05, 0.1) is 5.56 Å². The number of aromatic carboxylic acids is 1. The minimum Gasteiger partial charge on any atom is -0.478 e. The predicted octanol–water partition coefficient (Wildman–Crippen LogP) is 3.25. The van der Waals surface area contributed by atoms with E-state index in [1.807, 2.05) is 0 Å². The standard InChI is InChI=1S/C14H10F2O2/c15-12-5-4-10(8-13(12)16)6-9-2-1-3-11(7-9)14(17)18/h1-5,7-8H,6H2,(H,17,18). The second-order valence-corrected chi connectivity index (χ2v) is 3.93. The Kier molecular flexibility index (Phi) is 3.37. The maximum atomic E-state index is 13.0. The molecule has 0 unspecified atom stereocenters. The molecule has 1 N–H and O–H groups in total. The van der Waals surface area contributed by atoms with Crippen molar-refractivity contribution in [2.75, 3.05) is 0 Å². The first-order valence-electron chi connectivity index (χ1n) is 5.32. The van der Waals surface area contributed by atoms with Crippen molar-refractivity contribution < 1.29 is 18.7 Å². The molecule has 0 spiro atoms. The maximum Gasteiger partial charge on any atom is 0.335 e. The van der Waals surface area contributed by atoms with E-state index in [1.54, 1.807) is 12.1 Å². The van der Waals surface area contributed by atoms with Crippen molar-refractivity contribution >= 4 is 5.97 Å². The van der Waals surface area contributed by atoms with Crippen LogP contribution in [0.1, 0.15) is 21.5 Å². The Morgan fingerprint density at radius 1 is 1.00 bits per heavy atom. The molecule has 2 nitrogen and oxygen atoms in total. The van der Waals surface area contributed by atoms with Gasteiger partial charge < -0.3 is 5.11 Å². The number of carboxylic acid groups (broad SMARTS) is 1. The summed E-state index contributed by atoms with van der Waals surface area (Å²) < 4.78 is 25.8. The molecule has 0 saturated heterocycles. The Bertz CT molecular complexity index is 594. The SMILES string of the molecule is O=C(O)c1cccc(Cc2ccc(F)c(F)c2)c1. The van der Waals surface area contributed by atoms with Crippen LogP contribution in [0.5, 0.6) is 0 Å². The zero-order valence-corrected chi connectivity index (χ0v) is 9.36. The van der Waals surface area contributed by atoms with E-state index in [4.69, 9.17) is 5.11 Å². The van der Waals surface area contributed by atoms with E-state index in [9.17, 15) is 13.6 Å². The van der Waals surface area contributed by atoms with Gasteiger partial charge in [0.1, 0.15) is 0 Å². The summed E-state index contributed by atoms with van der Waals surface area (Å²) in [7, 11) is 0. The molecule has 2 rings (SSSR count). The molecular weight excluding hydrogens is 238 g/mol. The van der Waals surface area contributed by atoms with Crippen LogP contribution in [0.25, 0.3) is 0 Å². The molecule has 18 heavy (non-hydrogen) atoms. The molecule has 0 aromatic heterocycles. The van der Waals surface area contributed by atoms with Gasteiger partial charge in [-0.25, -0.2) is 13.6 Å². The third-order valence-corrected chi connectivity index (χ3v) is 2.57. The maximum absolute atomic E-state index is 13.0. The van der Waals surface area contributed by atoms with Crippen molar-refractivity contribution in [3.8, 4) is 0 Å². The van der Waals surface area contributed by atoms with Gasteiger partial charge in [0, 0.05) is 0 Å². The number of halogens is 2. The van der Waals surface area contributed by atoms with Crippen LogP contribution in [0.4, 0.5) is 8.78 Å². The lowest BCUT2D eigenvalue weighted by molar-refractivity contribution is 0.0697. The zero-order chi connectivity index (χ0) is 13.1. The number of carbonyl (C=O) groups is 1. The van der Waals surface area contributed by atoms with E-state index in [2.05, 4.69) is 0 Å². The largest absolute Gasteiger partial charge is 0.478 e. The quantitative estimate of drug-likeness (QED) is 0.905. The van der Waals surface area contributed by atoms with Gasteiger partial charge >= 0.3 is 5.97 Å². The van der Waals surface area contributed by atoms with Crippen LogP contribution in [0.15, 0.2) is 42.5 Å². The average Bonchev–Trinajstić information content (AvgIpc) is 2.34. The van der Waals surface area contributed by atoms with E-state index < -0.39 is 17.6 Å². The molecule has 0 fully saturated rings. The third kappa shape index (κ3) is 2.71.